The smallest absolute Gasteiger partial charge is 0.308 e. The molecule has 27 heavy (non-hydrogen) atoms. The number of nitrogens with one attached hydrogen (secondary N) is 3. The van der Waals surface area contributed by atoms with E-state index >= 15 is 0 Å². The predicted octanol–water partition coefficient (Wildman–Crippen LogP) is 4.89. The summed E-state index contributed by atoms with van der Waals surface area (Å²) in [6.07, 6.45) is 0. The van der Waals surface area contributed by atoms with E-state index in [0.29, 0.717) is 21.5 Å². The summed E-state index contributed by atoms with van der Waals surface area (Å²) in [5.74, 6) is 0. The molecule has 0 unspecified atom stereocenters. The first-order chi connectivity index (χ1) is 12.9. The number of amides is 2. The normalized spacial score (nSPS) is 10.9. The number of benzene rings is 3. The highest BCUT2D eigenvalue weighted by Crippen LogP contribution is 2.25. The second kappa shape index (κ2) is 8.24. The van der Waals surface area contributed by atoms with Crippen molar-refractivity contribution in [3.63, 3.8) is 0 Å². The Morgan fingerprint density at radius 1 is 0.741 bits per heavy atom. The van der Waals surface area contributed by atoms with Gasteiger partial charge in [0.25, 0.3) is 10.0 Å². The van der Waals surface area contributed by atoms with Gasteiger partial charge in [-0.25, -0.2) is 13.2 Å². The Morgan fingerprint density at radius 2 is 1.33 bits per heavy atom. The number of para-hydroxylation sites is 1. The maximum Gasteiger partial charge on any atom is 0.323 e. The number of urea groups is 1. The molecular formula is C19H16BrN3O3S. The Bertz CT molecular complexity index is 1060. The summed E-state index contributed by atoms with van der Waals surface area (Å²) in [5, 5.41) is 5.37. The van der Waals surface area contributed by atoms with Gasteiger partial charge in [0.15, 0.2) is 0 Å². The number of anilines is 3. The largest absolute Gasteiger partial charge is 0.323 e. The summed E-state index contributed by atoms with van der Waals surface area (Å²) in [5.41, 5.74) is 1.44. The van der Waals surface area contributed by atoms with Crippen molar-refractivity contribution in [2.75, 3.05) is 15.4 Å². The molecule has 0 heterocycles. The minimum Gasteiger partial charge on any atom is -0.308 e. The molecule has 0 aliphatic carbocycles. The van der Waals surface area contributed by atoms with Crippen LogP contribution in [0.3, 0.4) is 0 Å². The Kier molecular flexibility index (Phi) is 5.78. The number of rotatable bonds is 5. The Balaban J connectivity index is 1.72. The van der Waals surface area contributed by atoms with Crippen molar-refractivity contribution in [3.05, 3.63) is 83.3 Å². The van der Waals surface area contributed by atoms with Crippen LogP contribution in [0.4, 0.5) is 21.9 Å². The van der Waals surface area contributed by atoms with Crippen LogP contribution in [0.15, 0.2) is 88.2 Å². The maximum atomic E-state index is 12.6. The zero-order chi connectivity index (χ0) is 19.3. The molecular weight excluding hydrogens is 430 g/mol. The fraction of sp³-hybridized carbons (Fsp3) is 0. The monoisotopic (exact) mass is 445 g/mol. The van der Waals surface area contributed by atoms with Crippen LogP contribution in [0.25, 0.3) is 0 Å². The maximum absolute atomic E-state index is 12.6. The van der Waals surface area contributed by atoms with Gasteiger partial charge in [0.05, 0.1) is 5.69 Å². The number of hydrogen-bond donors (Lipinski definition) is 3. The highest BCUT2D eigenvalue weighted by Gasteiger charge is 2.17. The van der Waals surface area contributed by atoms with Crippen LogP contribution in [0, 0.1) is 0 Å². The van der Waals surface area contributed by atoms with Gasteiger partial charge >= 0.3 is 6.03 Å². The van der Waals surface area contributed by atoms with Gasteiger partial charge in [-0.05, 0) is 58.4 Å². The fourth-order valence-electron chi connectivity index (χ4n) is 2.35. The molecule has 0 spiro atoms. The molecule has 0 aliphatic rings. The first-order valence-electron chi connectivity index (χ1n) is 7.94. The summed E-state index contributed by atoms with van der Waals surface area (Å²) in [6, 6.07) is 21.6. The van der Waals surface area contributed by atoms with Crippen LogP contribution in [0.2, 0.25) is 0 Å². The van der Waals surface area contributed by atoms with Crippen molar-refractivity contribution in [1.82, 2.24) is 0 Å². The van der Waals surface area contributed by atoms with E-state index < -0.39 is 16.1 Å². The summed E-state index contributed by atoms with van der Waals surface area (Å²) in [6.45, 7) is 0. The van der Waals surface area contributed by atoms with E-state index in [9.17, 15) is 13.2 Å². The Morgan fingerprint density at radius 3 is 2.07 bits per heavy atom. The number of halogens is 1. The first-order valence-corrected chi connectivity index (χ1v) is 10.2. The molecule has 6 nitrogen and oxygen atoms in total. The fourth-order valence-corrected chi connectivity index (χ4v) is 4.40. The molecule has 3 aromatic rings. The van der Waals surface area contributed by atoms with Gasteiger partial charge in [0.1, 0.15) is 4.90 Å². The zero-order valence-electron chi connectivity index (χ0n) is 14.0. The van der Waals surface area contributed by atoms with Crippen molar-refractivity contribution < 1.29 is 13.2 Å². The molecule has 2 amide bonds. The van der Waals surface area contributed by atoms with Crippen molar-refractivity contribution in [2.45, 2.75) is 4.90 Å². The molecule has 138 valence electrons. The minimum atomic E-state index is -3.76. The number of carbonyl (C=O) groups is 1. The molecule has 0 bridgehead atoms. The molecule has 0 aromatic heterocycles. The van der Waals surface area contributed by atoms with E-state index in [1.807, 2.05) is 18.2 Å². The number of carbonyl (C=O) groups excluding carboxylic acids is 1. The van der Waals surface area contributed by atoms with Gasteiger partial charge in [-0.2, -0.15) is 0 Å². The lowest BCUT2D eigenvalue weighted by atomic mass is 10.3. The standard InChI is InChI=1S/C19H16BrN3O3S/c20-17-11-4-5-12-18(17)27(25,26)23-16-10-6-9-15(13-16)22-19(24)21-14-7-2-1-3-8-14/h1-13,23H,(H2,21,22,24). The van der Waals surface area contributed by atoms with Crippen molar-refractivity contribution in [2.24, 2.45) is 0 Å². The van der Waals surface area contributed by atoms with E-state index in [0.717, 1.165) is 0 Å². The van der Waals surface area contributed by atoms with E-state index in [2.05, 4.69) is 31.3 Å². The molecule has 0 atom stereocenters. The third-order valence-corrected chi connectivity index (χ3v) is 5.92. The van der Waals surface area contributed by atoms with Gasteiger partial charge in [0, 0.05) is 15.8 Å². The van der Waals surface area contributed by atoms with Crippen LogP contribution in [-0.2, 0) is 10.0 Å². The quantitative estimate of drug-likeness (QED) is 0.521. The van der Waals surface area contributed by atoms with E-state index in [1.54, 1.807) is 54.6 Å². The third-order valence-electron chi connectivity index (χ3n) is 3.53. The molecule has 0 fully saturated rings. The first kappa shape index (κ1) is 18.9. The molecule has 0 saturated heterocycles. The van der Waals surface area contributed by atoms with Gasteiger partial charge < -0.3 is 10.6 Å². The molecule has 8 heteroatoms. The van der Waals surface area contributed by atoms with Crippen LogP contribution >= 0.6 is 15.9 Å². The topological polar surface area (TPSA) is 87.3 Å². The van der Waals surface area contributed by atoms with Gasteiger partial charge in [-0.1, -0.05) is 36.4 Å². The van der Waals surface area contributed by atoms with E-state index in [1.165, 1.54) is 6.07 Å². The third kappa shape index (κ3) is 5.08. The molecule has 3 aromatic carbocycles. The van der Waals surface area contributed by atoms with Gasteiger partial charge in [-0.3, -0.25) is 4.72 Å². The van der Waals surface area contributed by atoms with Crippen LogP contribution in [0.5, 0.6) is 0 Å². The second-order valence-corrected chi connectivity index (χ2v) is 8.07. The van der Waals surface area contributed by atoms with Crippen molar-refractivity contribution in [1.29, 1.82) is 0 Å². The molecule has 3 rings (SSSR count). The minimum absolute atomic E-state index is 0.130. The summed E-state index contributed by atoms with van der Waals surface area (Å²) in [7, 11) is -3.76. The Labute approximate surface area is 165 Å². The molecule has 0 aliphatic heterocycles. The second-order valence-electron chi connectivity index (χ2n) is 5.56. The summed E-state index contributed by atoms with van der Waals surface area (Å²) in [4.78, 5) is 12.2. The van der Waals surface area contributed by atoms with Crippen LogP contribution < -0.4 is 15.4 Å². The summed E-state index contributed by atoms with van der Waals surface area (Å²) >= 11 is 3.24. The van der Waals surface area contributed by atoms with Gasteiger partial charge in [-0.15, -0.1) is 0 Å². The molecule has 0 radical (unpaired) electrons. The lowest BCUT2D eigenvalue weighted by molar-refractivity contribution is 0.262. The van der Waals surface area contributed by atoms with Crippen LogP contribution in [0.1, 0.15) is 0 Å². The zero-order valence-corrected chi connectivity index (χ0v) is 16.4. The van der Waals surface area contributed by atoms with Crippen molar-refractivity contribution >= 4 is 49.0 Å². The lowest BCUT2D eigenvalue weighted by Gasteiger charge is -2.12. The lowest BCUT2D eigenvalue weighted by Crippen LogP contribution is -2.19. The molecule has 3 N–H and O–H groups in total. The number of sulfonamides is 1. The van der Waals surface area contributed by atoms with Gasteiger partial charge in [0.2, 0.25) is 0 Å². The number of hydrogen-bond acceptors (Lipinski definition) is 3. The van der Waals surface area contributed by atoms with E-state index in [-0.39, 0.29) is 4.90 Å². The SMILES string of the molecule is O=C(Nc1ccccc1)Nc1cccc(NS(=O)(=O)c2ccccc2Br)c1. The van der Waals surface area contributed by atoms with Crippen LogP contribution in [-0.4, -0.2) is 14.4 Å². The van der Waals surface area contributed by atoms with E-state index in [4.69, 9.17) is 0 Å². The summed E-state index contributed by atoms with van der Waals surface area (Å²) < 4.78 is 28.1. The predicted molar refractivity (Wildman–Crippen MR) is 110 cm³/mol. The highest BCUT2D eigenvalue weighted by molar-refractivity contribution is 9.10. The molecule has 0 saturated carbocycles. The van der Waals surface area contributed by atoms with Crippen molar-refractivity contribution in [3.8, 4) is 0 Å². The average Bonchev–Trinajstić information content (AvgIpc) is 2.62. The Hall–Kier alpha value is -2.84. The average molecular weight is 446 g/mol. The highest BCUT2D eigenvalue weighted by atomic mass is 79.9.